The minimum atomic E-state index is 0.0227. The van der Waals surface area contributed by atoms with Crippen molar-refractivity contribution in [3.05, 3.63) is 57.8 Å². The van der Waals surface area contributed by atoms with Gasteiger partial charge in [-0.25, -0.2) is 0 Å². The highest BCUT2D eigenvalue weighted by Gasteiger charge is 2.36. The average molecular weight is 419 g/mol. The normalized spacial score (nSPS) is 15.0. The van der Waals surface area contributed by atoms with Crippen molar-refractivity contribution in [2.45, 2.75) is 50.6 Å². The van der Waals surface area contributed by atoms with Crippen molar-refractivity contribution >= 4 is 33.6 Å². The zero-order valence-corrected chi connectivity index (χ0v) is 17.2. The molecule has 0 saturated heterocycles. The molecule has 2 aromatic rings. The van der Waals surface area contributed by atoms with Gasteiger partial charge in [-0.1, -0.05) is 22.0 Å². The van der Waals surface area contributed by atoms with Crippen LogP contribution in [0.5, 0.6) is 0 Å². The van der Waals surface area contributed by atoms with Crippen LogP contribution in [0.4, 0.5) is 0 Å². The van der Waals surface area contributed by atoms with Gasteiger partial charge in [-0.3, -0.25) is 9.78 Å². The van der Waals surface area contributed by atoms with Gasteiger partial charge in [-0.2, -0.15) is 0 Å². The second-order valence-corrected chi connectivity index (χ2v) is 8.49. The lowest BCUT2D eigenvalue weighted by Gasteiger charge is -2.29. The summed E-state index contributed by atoms with van der Waals surface area (Å²) in [5.41, 5.74) is 3.36. The minimum absolute atomic E-state index is 0.0227. The van der Waals surface area contributed by atoms with E-state index < -0.39 is 0 Å². The Morgan fingerprint density at radius 1 is 1.32 bits per heavy atom. The number of amides is 1. The van der Waals surface area contributed by atoms with E-state index in [4.69, 9.17) is 0 Å². The van der Waals surface area contributed by atoms with Gasteiger partial charge in [0.2, 0.25) is 5.91 Å². The maximum absolute atomic E-state index is 12.9. The summed E-state index contributed by atoms with van der Waals surface area (Å²) in [4.78, 5) is 20.6. The summed E-state index contributed by atoms with van der Waals surface area (Å²) in [5, 5.41) is 0. The van der Waals surface area contributed by atoms with Crippen LogP contribution in [0.15, 0.2) is 45.9 Å². The van der Waals surface area contributed by atoms with Crippen molar-refractivity contribution in [1.29, 1.82) is 0 Å². The number of halogens is 1. The predicted octanol–water partition coefficient (Wildman–Crippen LogP) is 5.31. The van der Waals surface area contributed by atoms with Crippen molar-refractivity contribution in [2.24, 2.45) is 0 Å². The number of nitrogens with zero attached hydrogens (tertiary/aromatic N) is 2. The number of benzene rings is 1. The molecule has 132 valence electrons. The first-order chi connectivity index (χ1) is 12.0. The SMILES string of the molecule is Cc1cc(SCC(=O)N(C2CC2)C(C)c2ccccn2)c(C)cc1Br. The number of hydrogen-bond acceptors (Lipinski definition) is 3. The Morgan fingerprint density at radius 3 is 2.72 bits per heavy atom. The molecule has 0 radical (unpaired) electrons. The molecule has 1 unspecified atom stereocenters. The van der Waals surface area contributed by atoms with E-state index in [1.54, 1.807) is 18.0 Å². The van der Waals surface area contributed by atoms with Crippen LogP contribution in [0.3, 0.4) is 0 Å². The van der Waals surface area contributed by atoms with Gasteiger partial charge in [-0.15, -0.1) is 11.8 Å². The summed E-state index contributed by atoms with van der Waals surface area (Å²) >= 11 is 5.20. The summed E-state index contributed by atoms with van der Waals surface area (Å²) < 4.78 is 1.11. The maximum atomic E-state index is 12.9. The molecular weight excluding hydrogens is 396 g/mol. The molecule has 1 atom stereocenters. The first kappa shape index (κ1) is 18.5. The Hall–Kier alpha value is -1.33. The van der Waals surface area contributed by atoms with Gasteiger partial charge >= 0.3 is 0 Å². The number of pyridine rings is 1. The second-order valence-electron chi connectivity index (χ2n) is 6.62. The standard InChI is InChI=1S/C20H23BrN2OS/c1-13-11-19(14(2)10-17(13)21)25-12-20(24)23(16-7-8-16)15(3)18-6-4-5-9-22-18/h4-6,9-11,15-16H,7-8,12H2,1-3H3. The van der Waals surface area contributed by atoms with E-state index in [-0.39, 0.29) is 11.9 Å². The molecule has 1 amide bonds. The molecule has 0 aliphatic heterocycles. The maximum Gasteiger partial charge on any atom is 0.233 e. The van der Waals surface area contributed by atoms with Gasteiger partial charge in [0.15, 0.2) is 0 Å². The van der Waals surface area contributed by atoms with Gasteiger partial charge in [0, 0.05) is 21.6 Å². The molecule has 1 aromatic heterocycles. The van der Waals surface area contributed by atoms with Gasteiger partial charge < -0.3 is 4.90 Å². The lowest BCUT2D eigenvalue weighted by Crippen LogP contribution is -2.37. The van der Waals surface area contributed by atoms with Crippen LogP contribution in [-0.2, 0) is 4.79 Å². The quantitative estimate of drug-likeness (QED) is 0.596. The zero-order valence-electron chi connectivity index (χ0n) is 14.8. The van der Waals surface area contributed by atoms with Crippen LogP contribution in [-0.4, -0.2) is 27.6 Å². The molecule has 1 aliphatic carbocycles. The predicted molar refractivity (Wildman–Crippen MR) is 107 cm³/mol. The Bertz CT molecular complexity index is 762. The van der Waals surface area contributed by atoms with E-state index in [9.17, 15) is 4.79 Å². The topological polar surface area (TPSA) is 33.2 Å². The Labute approximate surface area is 162 Å². The molecule has 1 aromatic carbocycles. The highest BCUT2D eigenvalue weighted by atomic mass is 79.9. The van der Waals surface area contributed by atoms with Crippen LogP contribution >= 0.6 is 27.7 Å². The number of carbonyl (C=O) groups excluding carboxylic acids is 1. The minimum Gasteiger partial charge on any atom is -0.331 e. The van der Waals surface area contributed by atoms with Crippen molar-refractivity contribution in [3.63, 3.8) is 0 Å². The monoisotopic (exact) mass is 418 g/mol. The molecule has 5 heteroatoms. The third kappa shape index (κ3) is 4.45. The molecule has 3 rings (SSSR count). The molecule has 3 nitrogen and oxygen atoms in total. The van der Waals surface area contributed by atoms with E-state index in [2.05, 4.69) is 53.8 Å². The van der Waals surface area contributed by atoms with Crippen LogP contribution in [0, 0.1) is 13.8 Å². The molecule has 0 bridgehead atoms. The van der Waals surface area contributed by atoms with Gasteiger partial charge in [0.1, 0.15) is 0 Å². The number of rotatable bonds is 6. The number of hydrogen-bond donors (Lipinski definition) is 0. The highest BCUT2D eigenvalue weighted by molar-refractivity contribution is 9.10. The zero-order chi connectivity index (χ0) is 18.0. The summed E-state index contributed by atoms with van der Waals surface area (Å²) in [6.45, 7) is 6.25. The molecule has 0 spiro atoms. The van der Waals surface area contributed by atoms with Gasteiger partial charge in [-0.05, 0) is 69.0 Å². The average Bonchev–Trinajstić information content (AvgIpc) is 3.42. The first-order valence-corrected chi connectivity index (χ1v) is 10.4. The molecule has 1 heterocycles. The second kappa shape index (κ2) is 7.92. The van der Waals surface area contributed by atoms with Crippen LogP contribution in [0.1, 0.15) is 42.6 Å². The number of thioether (sulfide) groups is 1. The van der Waals surface area contributed by atoms with Crippen molar-refractivity contribution in [3.8, 4) is 0 Å². The summed E-state index contributed by atoms with van der Waals surface area (Å²) in [7, 11) is 0. The van der Waals surface area contributed by atoms with Crippen LogP contribution < -0.4 is 0 Å². The van der Waals surface area contributed by atoms with E-state index in [1.807, 2.05) is 23.1 Å². The molecule has 0 N–H and O–H groups in total. The first-order valence-electron chi connectivity index (χ1n) is 8.59. The number of aryl methyl sites for hydroxylation is 2. The van der Waals surface area contributed by atoms with Gasteiger partial charge in [0.05, 0.1) is 17.5 Å². The number of aromatic nitrogens is 1. The fourth-order valence-electron chi connectivity index (χ4n) is 2.98. The van der Waals surface area contributed by atoms with E-state index in [1.165, 1.54) is 16.0 Å². The fourth-order valence-corrected chi connectivity index (χ4v) is 4.41. The summed E-state index contributed by atoms with van der Waals surface area (Å²) in [6, 6.07) is 10.6. The Morgan fingerprint density at radius 2 is 2.08 bits per heavy atom. The van der Waals surface area contributed by atoms with E-state index in [0.717, 1.165) is 23.0 Å². The summed E-state index contributed by atoms with van der Waals surface area (Å²) in [6.07, 6.45) is 4.00. The molecular formula is C20H23BrN2OS. The largest absolute Gasteiger partial charge is 0.331 e. The number of carbonyl (C=O) groups is 1. The highest BCUT2D eigenvalue weighted by Crippen LogP contribution is 2.35. The Kier molecular flexibility index (Phi) is 5.85. The molecule has 1 fully saturated rings. The lowest BCUT2D eigenvalue weighted by molar-refractivity contribution is -0.131. The van der Waals surface area contributed by atoms with Crippen molar-refractivity contribution in [2.75, 3.05) is 5.75 Å². The smallest absolute Gasteiger partial charge is 0.233 e. The Balaban J connectivity index is 1.71. The van der Waals surface area contributed by atoms with E-state index in [0.29, 0.717) is 11.8 Å². The lowest BCUT2D eigenvalue weighted by atomic mass is 10.1. The molecule has 1 saturated carbocycles. The third-order valence-electron chi connectivity index (χ3n) is 4.57. The van der Waals surface area contributed by atoms with Crippen molar-refractivity contribution < 1.29 is 4.79 Å². The molecule has 1 aliphatic rings. The fraction of sp³-hybridized carbons (Fsp3) is 0.400. The van der Waals surface area contributed by atoms with Crippen LogP contribution in [0.25, 0.3) is 0 Å². The molecule has 25 heavy (non-hydrogen) atoms. The van der Waals surface area contributed by atoms with Crippen molar-refractivity contribution in [1.82, 2.24) is 9.88 Å². The third-order valence-corrected chi connectivity index (χ3v) is 6.57. The van der Waals surface area contributed by atoms with Crippen LogP contribution in [0.2, 0.25) is 0 Å². The van der Waals surface area contributed by atoms with E-state index >= 15 is 0 Å². The van der Waals surface area contributed by atoms with Gasteiger partial charge in [0.25, 0.3) is 0 Å². The summed E-state index contributed by atoms with van der Waals surface area (Å²) in [5.74, 6) is 0.667.